The van der Waals surface area contributed by atoms with Gasteiger partial charge in [0.05, 0.1) is 6.10 Å². The number of nitrogens with zero attached hydrogens (tertiary/aromatic N) is 1. The summed E-state index contributed by atoms with van der Waals surface area (Å²) in [5, 5.41) is 9.58. The molecule has 92 valence electrons. The average Bonchev–Trinajstić information content (AvgIpc) is 2.07. The Morgan fingerprint density at radius 1 is 1.38 bits per heavy atom. The quantitative estimate of drug-likeness (QED) is 0.686. The van der Waals surface area contributed by atoms with E-state index in [1.807, 2.05) is 20.8 Å². The lowest BCUT2D eigenvalue weighted by Crippen LogP contribution is -2.62. The number of aliphatic hydroxyl groups excluding tert-OH is 1. The van der Waals surface area contributed by atoms with E-state index in [4.69, 9.17) is 4.74 Å². The van der Waals surface area contributed by atoms with Crippen LogP contribution in [0.25, 0.3) is 0 Å². The summed E-state index contributed by atoms with van der Waals surface area (Å²) in [7, 11) is 0. The predicted molar refractivity (Wildman–Crippen MR) is 60.1 cm³/mol. The highest BCUT2D eigenvalue weighted by molar-refractivity contribution is 5.69. The molecule has 2 rings (SSSR count). The molecule has 0 radical (unpaired) electrons. The van der Waals surface area contributed by atoms with Crippen LogP contribution in [0.4, 0.5) is 4.79 Å². The minimum Gasteiger partial charge on any atom is -0.444 e. The van der Waals surface area contributed by atoms with Gasteiger partial charge in [0.15, 0.2) is 0 Å². The first-order chi connectivity index (χ1) is 7.37. The number of ether oxygens (including phenoxy) is 1. The van der Waals surface area contributed by atoms with Gasteiger partial charge in [0.2, 0.25) is 0 Å². The van der Waals surface area contributed by atoms with Crippen molar-refractivity contribution in [3.8, 4) is 0 Å². The molecule has 4 heteroatoms. The molecule has 1 unspecified atom stereocenters. The van der Waals surface area contributed by atoms with E-state index in [9.17, 15) is 9.90 Å². The molecule has 0 bridgehead atoms. The molecule has 16 heavy (non-hydrogen) atoms. The van der Waals surface area contributed by atoms with Gasteiger partial charge in [0, 0.05) is 12.6 Å². The Labute approximate surface area is 96.6 Å². The van der Waals surface area contributed by atoms with Crippen LogP contribution in [0.1, 0.15) is 40.0 Å². The van der Waals surface area contributed by atoms with Crippen molar-refractivity contribution in [1.82, 2.24) is 4.90 Å². The van der Waals surface area contributed by atoms with Crippen molar-refractivity contribution < 1.29 is 14.6 Å². The Kier molecular flexibility index (Phi) is 2.86. The van der Waals surface area contributed by atoms with Crippen molar-refractivity contribution in [3.05, 3.63) is 0 Å². The van der Waals surface area contributed by atoms with Crippen LogP contribution in [0.3, 0.4) is 0 Å². The van der Waals surface area contributed by atoms with Gasteiger partial charge >= 0.3 is 6.09 Å². The molecule has 0 spiro atoms. The molecule has 1 aliphatic carbocycles. The highest BCUT2D eigenvalue weighted by atomic mass is 16.6. The summed E-state index contributed by atoms with van der Waals surface area (Å²) >= 11 is 0. The van der Waals surface area contributed by atoms with Crippen molar-refractivity contribution in [2.24, 2.45) is 5.92 Å². The molecule has 0 aromatic carbocycles. The zero-order valence-electron chi connectivity index (χ0n) is 10.3. The minimum absolute atomic E-state index is 0.207. The third-order valence-corrected chi connectivity index (χ3v) is 3.39. The molecule has 1 saturated heterocycles. The Bertz CT molecular complexity index is 284. The monoisotopic (exact) mass is 227 g/mol. The second-order valence-electron chi connectivity index (χ2n) is 5.93. The number of carbonyl (C=O) groups excluding carboxylic acids is 1. The molecule has 1 N–H and O–H groups in total. The normalized spacial score (nSPS) is 34.0. The number of aliphatic hydroxyl groups is 1. The zero-order chi connectivity index (χ0) is 11.9. The van der Waals surface area contributed by atoms with Gasteiger partial charge in [-0.25, -0.2) is 4.79 Å². The molecule has 0 aromatic heterocycles. The van der Waals surface area contributed by atoms with Crippen LogP contribution < -0.4 is 0 Å². The molecule has 3 atom stereocenters. The van der Waals surface area contributed by atoms with Crippen LogP contribution >= 0.6 is 0 Å². The third-order valence-electron chi connectivity index (χ3n) is 3.39. The first-order valence-corrected chi connectivity index (χ1v) is 6.04. The maximum Gasteiger partial charge on any atom is 0.410 e. The van der Waals surface area contributed by atoms with E-state index >= 15 is 0 Å². The van der Waals surface area contributed by atoms with Gasteiger partial charge in [-0.1, -0.05) is 0 Å². The zero-order valence-corrected chi connectivity index (χ0v) is 10.3. The number of amides is 1. The Hall–Kier alpha value is -0.770. The molecule has 1 heterocycles. The Morgan fingerprint density at radius 3 is 2.69 bits per heavy atom. The standard InChI is InChI=1S/C12H21NO3/c1-12(2,3)16-11(15)13-7-8-4-5-9(14)6-10(8)13/h8-10,14H,4-7H2,1-3H3/t8-,9?,10-/m1/s1. The van der Waals surface area contributed by atoms with E-state index in [0.29, 0.717) is 12.3 Å². The lowest BCUT2D eigenvalue weighted by Gasteiger charge is -2.51. The van der Waals surface area contributed by atoms with Crippen molar-refractivity contribution in [2.75, 3.05) is 6.54 Å². The molecule has 1 saturated carbocycles. The minimum atomic E-state index is -0.435. The van der Waals surface area contributed by atoms with Gasteiger partial charge in [0.25, 0.3) is 0 Å². The van der Waals surface area contributed by atoms with E-state index in [1.54, 1.807) is 4.90 Å². The summed E-state index contributed by atoms with van der Waals surface area (Å²) in [6, 6.07) is 0.207. The van der Waals surface area contributed by atoms with E-state index in [-0.39, 0.29) is 18.2 Å². The number of hydrogen-bond acceptors (Lipinski definition) is 3. The summed E-state index contributed by atoms with van der Waals surface area (Å²) in [5.41, 5.74) is -0.435. The fraction of sp³-hybridized carbons (Fsp3) is 0.917. The smallest absolute Gasteiger partial charge is 0.410 e. The summed E-state index contributed by atoms with van der Waals surface area (Å²) < 4.78 is 5.33. The summed E-state index contributed by atoms with van der Waals surface area (Å²) in [6.07, 6.45) is 2.15. The van der Waals surface area contributed by atoms with E-state index in [0.717, 1.165) is 19.4 Å². The average molecular weight is 227 g/mol. The van der Waals surface area contributed by atoms with Crippen molar-refractivity contribution in [2.45, 2.75) is 57.8 Å². The maximum absolute atomic E-state index is 11.8. The van der Waals surface area contributed by atoms with Gasteiger partial charge in [-0.15, -0.1) is 0 Å². The Morgan fingerprint density at radius 2 is 2.06 bits per heavy atom. The molecule has 1 aliphatic heterocycles. The van der Waals surface area contributed by atoms with Crippen LogP contribution in [0.2, 0.25) is 0 Å². The molecular formula is C12H21NO3. The van der Waals surface area contributed by atoms with Crippen LogP contribution in [-0.2, 0) is 4.74 Å². The van der Waals surface area contributed by atoms with Crippen LogP contribution in [-0.4, -0.2) is 40.4 Å². The van der Waals surface area contributed by atoms with E-state index < -0.39 is 5.60 Å². The number of likely N-dealkylation sites (tertiary alicyclic amines) is 1. The predicted octanol–water partition coefficient (Wildman–Crippen LogP) is 1.77. The summed E-state index contributed by atoms with van der Waals surface area (Å²) in [4.78, 5) is 13.6. The lowest BCUT2D eigenvalue weighted by molar-refractivity contribution is -0.0653. The number of fused-ring (bicyclic) bond motifs is 1. The van der Waals surface area contributed by atoms with Gasteiger partial charge in [-0.2, -0.15) is 0 Å². The SMILES string of the molecule is CC(C)(C)OC(=O)N1C[C@H]2CCC(O)C[C@H]21. The topological polar surface area (TPSA) is 49.8 Å². The second-order valence-corrected chi connectivity index (χ2v) is 5.93. The second kappa shape index (κ2) is 3.91. The molecular weight excluding hydrogens is 206 g/mol. The fourth-order valence-corrected chi connectivity index (χ4v) is 2.56. The van der Waals surface area contributed by atoms with E-state index in [2.05, 4.69) is 0 Å². The highest BCUT2D eigenvalue weighted by Gasteiger charge is 2.46. The molecule has 0 aromatic rings. The van der Waals surface area contributed by atoms with Crippen molar-refractivity contribution in [1.29, 1.82) is 0 Å². The fourth-order valence-electron chi connectivity index (χ4n) is 2.56. The van der Waals surface area contributed by atoms with Crippen molar-refractivity contribution in [3.63, 3.8) is 0 Å². The number of carbonyl (C=O) groups is 1. The first-order valence-electron chi connectivity index (χ1n) is 6.04. The first kappa shape index (κ1) is 11.7. The van der Waals surface area contributed by atoms with Gasteiger partial charge in [-0.05, 0) is 46.0 Å². The molecule has 2 aliphatic rings. The van der Waals surface area contributed by atoms with Gasteiger partial charge in [-0.3, -0.25) is 0 Å². The number of hydrogen-bond donors (Lipinski definition) is 1. The molecule has 2 fully saturated rings. The summed E-state index contributed by atoms with van der Waals surface area (Å²) in [6.45, 7) is 6.42. The van der Waals surface area contributed by atoms with Crippen molar-refractivity contribution >= 4 is 6.09 Å². The van der Waals surface area contributed by atoms with Crippen LogP contribution in [0.15, 0.2) is 0 Å². The van der Waals surface area contributed by atoms with Gasteiger partial charge < -0.3 is 14.7 Å². The lowest BCUT2D eigenvalue weighted by atomic mass is 9.76. The third kappa shape index (κ3) is 2.32. The van der Waals surface area contributed by atoms with Crippen LogP contribution in [0.5, 0.6) is 0 Å². The van der Waals surface area contributed by atoms with Crippen LogP contribution in [0, 0.1) is 5.92 Å². The van der Waals surface area contributed by atoms with E-state index in [1.165, 1.54) is 0 Å². The van der Waals surface area contributed by atoms with Gasteiger partial charge in [0.1, 0.15) is 5.60 Å². The maximum atomic E-state index is 11.8. The largest absolute Gasteiger partial charge is 0.444 e. The highest BCUT2D eigenvalue weighted by Crippen LogP contribution is 2.38. The summed E-state index contributed by atoms with van der Waals surface area (Å²) in [5.74, 6) is 0.580. The number of rotatable bonds is 0. The molecule has 4 nitrogen and oxygen atoms in total. The molecule has 1 amide bonds. The Balaban J connectivity index is 1.90.